The number of nitrogens with zero attached hydrogens (tertiary/aromatic N) is 3. The third kappa shape index (κ3) is 6.81. The van der Waals surface area contributed by atoms with E-state index in [9.17, 15) is 0 Å². The molecule has 1 aromatic heterocycles. The van der Waals surface area contributed by atoms with Crippen LogP contribution in [0, 0.1) is 12.8 Å². The summed E-state index contributed by atoms with van der Waals surface area (Å²) in [5.74, 6) is 1.68. The Morgan fingerprint density at radius 3 is 2.65 bits per heavy atom. The Morgan fingerprint density at radius 1 is 1.31 bits per heavy atom. The van der Waals surface area contributed by atoms with Gasteiger partial charge in [0.15, 0.2) is 5.96 Å². The number of guanidine groups is 1. The third-order valence-corrected chi connectivity index (χ3v) is 5.78. The molecular weight excluding hydrogens is 457 g/mol. The van der Waals surface area contributed by atoms with E-state index in [1.165, 1.54) is 23.5 Å². The first-order chi connectivity index (χ1) is 12.2. The molecule has 2 heterocycles. The summed E-state index contributed by atoms with van der Waals surface area (Å²) in [6.07, 6.45) is 9.19. The highest BCUT2D eigenvalue weighted by Crippen LogP contribution is 2.20. The fraction of sp³-hybridized carbons (Fsp3) is 0.684. The Bertz CT molecular complexity index is 585. The van der Waals surface area contributed by atoms with Crippen molar-refractivity contribution in [1.82, 2.24) is 20.5 Å². The number of hydrogen-bond acceptors (Lipinski definition) is 4. The Morgan fingerprint density at radius 2 is 2.04 bits per heavy atom. The molecule has 7 heteroatoms. The molecule has 1 saturated heterocycles. The van der Waals surface area contributed by atoms with Crippen LogP contribution >= 0.6 is 35.3 Å². The van der Waals surface area contributed by atoms with Gasteiger partial charge < -0.3 is 10.6 Å². The fourth-order valence-corrected chi connectivity index (χ4v) is 4.11. The van der Waals surface area contributed by atoms with Crippen molar-refractivity contribution in [3.05, 3.63) is 28.2 Å². The molecule has 146 valence electrons. The first-order valence-electron chi connectivity index (χ1n) is 9.56. The Kier molecular flexibility index (Phi) is 9.35. The maximum atomic E-state index is 4.85. The first kappa shape index (κ1) is 21.6. The van der Waals surface area contributed by atoms with Crippen LogP contribution in [0.3, 0.4) is 0 Å². The second-order valence-corrected chi connectivity index (χ2v) is 8.14. The number of thiazole rings is 1. The van der Waals surface area contributed by atoms with Gasteiger partial charge in [-0.25, -0.2) is 4.98 Å². The highest BCUT2D eigenvalue weighted by molar-refractivity contribution is 14.0. The van der Waals surface area contributed by atoms with Gasteiger partial charge in [0.1, 0.15) is 0 Å². The molecule has 1 aromatic rings. The zero-order valence-electron chi connectivity index (χ0n) is 15.9. The average molecular weight is 489 g/mol. The molecule has 0 aromatic carbocycles. The van der Waals surface area contributed by atoms with Crippen LogP contribution in [-0.4, -0.2) is 48.1 Å². The van der Waals surface area contributed by atoms with Crippen molar-refractivity contribution < 1.29 is 0 Å². The van der Waals surface area contributed by atoms with E-state index in [4.69, 9.17) is 4.99 Å². The number of rotatable bonds is 6. The van der Waals surface area contributed by atoms with Crippen LogP contribution in [0.1, 0.15) is 43.3 Å². The molecule has 1 fully saturated rings. The highest BCUT2D eigenvalue weighted by atomic mass is 127. The number of aromatic nitrogens is 1. The van der Waals surface area contributed by atoms with Gasteiger partial charge in [0.05, 0.1) is 10.7 Å². The molecule has 1 aliphatic heterocycles. The predicted octanol–water partition coefficient (Wildman–Crippen LogP) is 3.56. The molecule has 0 atom stereocenters. The normalized spacial score (nSPS) is 19.5. The van der Waals surface area contributed by atoms with Gasteiger partial charge in [-0.05, 0) is 58.5 Å². The summed E-state index contributed by atoms with van der Waals surface area (Å²) in [6, 6.07) is 0.515. The van der Waals surface area contributed by atoms with Crippen molar-refractivity contribution in [2.24, 2.45) is 10.9 Å². The largest absolute Gasteiger partial charge is 0.357 e. The highest BCUT2D eigenvalue weighted by Gasteiger charge is 2.20. The van der Waals surface area contributed by atoms with E-state index in [2.05, 4.69) is 51.9 Å². The van der Waals surface area contributed by atoms with Gasteiger partial charge in [-0.15, -0.1) is 35.3 Å². The maximum absolute atomic E-state index is 4.85. The van der Waals surface area contributed by atoms with E-state index in [0.717, 1.165) is 51.5 Å². The molecule has 1 aliphatic carbocycles. The topological polar surface area (TPSA) is 52.6 Å². The number of halogens is 1. The standard InChI is InChI=1S/C19H31N5S.HI/c1-3-20-19(23-17-6-4-5-7-17)21-12-16-8-10-24(11-9-16)13-18-14-25-15(2)22-18;/h4-5,14,16-17H,3,6-13H2,1-2H3,(H2,20,21,23);1H. The lowest BCUT2D eigenvalue weighted by Crippen LogP contribution is -2.43. The molecular formula is C19H32IN5S. The van der Waals surface area contributed by atoms with Gasteiger partial charge in [0, 0.05) is 31.1 Å². The number of piperidine rings is 1. The van der Waals surface area contributed by atoms with Gasteiger partial charge in [0.25, 0.3) is 0 Å². The van der Waals surface area contributed by atoms with E-state index in [1.54, 1.807) is 11.3 Å². The van der Waals surface area contributed by atoms with E-state index in [1.807, 2.05) is 0 Å². The van der Waals surface area contributed by atoms with Crippen molar-refractivity contribution >= 4 is 41.3 Å². The van der Waals surface area contributed by atoms with Crippen molar-refractivity contribution in [3.8, 4) is 0 Å². The van der Waals surface area contributed by atoms with Gasteiger partial charge >= 0.3 is 0 Å². The summed E-state index contributed by atoms with van der Waals surface area (Å²) in [7, 11) is 0. The molecule has 2 N–H and O–H groups in total. The predicted molar refractivity (Wildman–Crippen MR) is 122 cm³/mol. The third-order valence-electron chi connectivity index (χ3n) is 4.96. The Labute approximate surface area is 178 Å². The summed E-state index contributed by atoms with van der Waals surface area (Å²) < 4.78 is 0. The number of nitrogens with one attached hydrogen (secondary N) is 2. The molecule has 5 nitrogen and oxygen atoms in total. The summed E-state index contributed by atoms with van der Waals surface area (Å²) in [5, 5.41) is 10.3. The lowest BCUT2D eigenvalue weighted by Gasteiger charge is -2.30. The summed E-state index contributed by atoms with van der Waals surface area (Å²) >= 11 is 1.75. The minimum absolute atomic E-state index is 0. The van der Waals surface area contributed by atoms with Crippen molar-refractivity contribution in [2.75, 3.05) is 26.2 Å². The molecule has 0 spiro atoms. The van der Waals surface area contributed by atoms with Gasteiger partial charge in [0.2, 0.25) is 0 Å². The first-order valence-corrected chi connectivity index (χ1v) is 10.4. The van der Waals surface area contributed by atoms with Crippen LogP contribution in [0.5, 0.6) is 0 Å². The Balaban J connectivity index is 0.00000243. The summed E-state index contributed by atoms with van der Waals surface area (Å²) in [5.41, 5.74) is 1.22. The molecule has 0 amide bonds. The second kappa shape index (κ2) is 11.2. The van der Waals surface area contributed by atoms with Gasteiger partial charge in [-0.2, -0.15) is 0 Å². The van der Waals surface area contributed by atoms with Crippen molar-refractivity contribution in [1.29, 1.82) is 0 Å². The van der Waals surface area contributed by atoms with Crippen LogP contribution < -0.4 is 10.6 Å². The molecule has 26 heavy (non-hydrogen) atoms. The zero-order chi connectivity index (χ0) is 17.5. The fourth-order valence-electron chi connectivity index (χ4n) is 3.51. The number of aryl methyl sites for hydroxylation is 1. The average Bonchev–Trinajstić information content (AvgIpc) is 3.26. The maximum Gasteiger partial charge on any atom is 0.191 e. The van der Waals surface area contributed by atoms with Gasteiger partial charge in [-0.3, -0.25) is 9.89 Å². The smallest absolute Gasteiger partial charge is 0.191 e. The molecule has 0 bridgehead atoms. The summed E-state index contributed by atoms with van der Waals surface area (Å²) in [4.78, 5) is 12.0. The van der Waals surface area contributed by atoms with E-state index >= 15 is 0 Å². The van der Waals surface area contributed by atoms with Gasteiger partial charge in [-0.1, -0.05) is 12.2 Å². The quantitative estimate of drug-likeness (QED) is 0.278. The van der Waals surface area contributed by atoms with Crippen LogP contribution in [0.2, 0.25) is 0 Å². The van der Waals surface area contributed by atoms with Crippen LogP contribution in [0.25, 0.3) is 0 Å². The summed E-state index contributed by atoms with van der Waals surface area (Å²) in [6.45, 7) is 9.37. The monoisotopic (exact) mass is 489 g/mol. The minimum Gasteiger partial charge on any atom is -0.357 e. The van der Waals surface area contributed by atoms with E-state index < -0.39 is 0 Å². The lowest BCUT2D eigenvalue weighted by atomic mass is 9.97. The van der Waals surface area contributed by atoms with Crippen LogP contribution in [-0.2, 0) is 6.54 Å². The molecule has 2 aliphatic rings. The number of aliphatic imine (C=N–C) groups is 1. The molecule has 0 unspecified atom stereocenters. The Hall–Kier alpha value is -0.670. The van der Waals surface area contributed by atoms with Crippen LogP contribution in [0.4, 0.5) is 0 Å². The zero-order valence-corrected chi connectivity index (χ0v) is 19.1. The minimum atomic E-state index is 0. The lowest BCUT2D eigenvalue weighted by molar-refractivity contribution is 0.179. The number of hydrogen-bond donors (Lipinski definition) is 2. The molecule has 0 saturated carbocycles. The van der Waals surface area contributed by atoms with Crippen LogP contribution in [0.15, 0.2) is 22.5 Å². The SMILES string of the molecule is CCNC(=NCC1CCN(Cc2csc(C)n2)CC1)NC1CC=CC1.I. The molecule has 0 radical (unpaired) electrons. The second-order valence-electron chi connectivity index (χ2n) is 7.08. The van der Waals surface area contributed by atoms with Crippen molar-refractivity contribution in [2.45, 2.75) is 52.1 Å². The van der Waals surface area contributed by atoms with E-state index in [0.29, 0.717) is 12.0 Å². The molecule has 3 rings (SSSR count). The number of likely N-dealkylation sites (tertiary alicyclic amines) is 1. The van der Waals surface area contributed by atoms with E-state index in [-0.39, 0.29) is 24.0 Å². The van der Waals surface area contributed by atoms with Crippen molar-refractivity contribution in [3.63, 3.8) is 0 Å².